The van der Waals surface area contributed by atoms with Crippen molar-refractivity contribution in [2.24, 2.45) is 0 Å². The van der Waals surface area contributed by atoms with Gasteiger partial charge in [-0.1, -0.05) is 22.8 Å². The van der Waals surface area contributed by atoms with Crippen molar-refractivity contribution in [1.82, 2.24) is 14.5 Å². The Balaban J connectivity index is 2.32. The number of benzene rings is 1. The maximum absolute atomic E-state index is 13.3. The number of hydrogen-bond donors (Lipinski definition) is 0. The van der Waals surface area contributed by atoms with Crippen LogP contribution >= 0.6 is 19.4 Å². The van der Waals surface area contributed by atoms with Crippen molar-refractivity contribution < 1.29 is 17.7 Å². The van der Waals surface area contributed by atoms with Gasteiger partial charge in [0.05, 0.1) is 5.52 Å². The van der Waals surface area contributed by atoms with Gasteiger partial charge in [0.1, 0.15) is 12.2 Å². The van der Waals surface area contributed by atoms with Gasteiger partial charge in [-0.2, -0.15) is 18.2 Å². The highest BCUT2D eigenvalue weighted by molar-refractivity contribution is 7.42. The first-order valence-electron chi connectivity index (χ1n) is 6.84. The molecule has 0 aliphatic carbocycles. The Hall–Kier alpha value is -1.98. The van der Waals surface area contributed by atoms with Gasteiger partial charge in [0, 0.05) is 23.3 Å². The molecule has 2 aromatic heterocycles. The standard InChI is InChI=1S/C15H11ClF3N3OP/c1-24(23)8-10-4-2-3-9-5-6-22(12(9)10)13-11(15(17,18)19)7-20-14(16)21-13/h2-7H,8H2,1H3/q+1. The summed E-state index contributed by atoms with van der Waals surface area (Å²) in [6.07, 6.45) is -2.21. The van der Waals surface area contributed by atoms with Gasteiger partial charge in [-0.3, -0.25) is 0 Å². The molecule has 4 nitrogen and oxygen atoms in total. The van der Waals surface area contributed by atoms with E-state index in [1.807, 2.05) is 0 Å². The van der Waals surface area contributed by atoms with Crippen LogP contribution in [-0.4, -0.2) is 21.2 Å². The molecule has 1 atom stereocenters. The Labute approximate surface area is 141 Å². The van der Waals surface area contributed by atoms with Crippen molar-refractivity contribution in [3.05, 3.63) is 53.1 Å². The second-order valence-electron chi connectivity index (χ2n) is 5.20. The second kappa shape index (κ2) is 6.15. The molecule has 0 N–H and O–H groups in total. The van der Waals surface area contributed by atoms with E-state index in [1.54, 1.807) is 30.9 Å². The third-order valence-corrected chi connectivity index (χ3v) is 4.43. The zero-order chi connectivity index (χ0) is 17.5. The van der Waals surface area contributed by atoms with Crippen LogP contribution < -0.4 is 0 Å². The van der Waals surface area contributed by atoms with Gasteiger partial charge >= 0.3 is 14.0 Å². The normalized spacial score (nSPS) is 12.6. The van der Waals surface area contributed by atoms with Gasteiger partial charge in [-0.15, -0.1) is 0 Å². The summed E-state index contributed by atoms with van der Waals surface area (Å²) in [6, 6.07) is 6.97. The first-order chi connectivity index (χ1) is 11.3. The number of aromatic nitrogens is 3. The molecule has 0 spiro atoms. The Bertz CT molecular complexity index is 939. The molecule has 0 aliphatic heterocycles. The molecule has 0 saturated carbocycles. The zero-order valence-electron chi connectivity index (χ0n) is 12.4. The fourth-order valence-corrected chi connectivity index (χ4v) is 3.41. The van der Waals surface area contributed by atoms with Crippen LogP contribution in [-0.2, 0) is 16.9 Å². The SMILES string of the molecule is C[P+](=O)Cc1cccc2ccn(-c3nc(Cl)ncc3C(F)(F)F)c12. The molecule has 0 amide bonds. The van der Waals surface area contributed by atoms with Crippen LogP contribution in [0.4, 0.5) is 13.2 Å². The molecular weight excluding hydrogens is 362 g/mol. The van der Waals surface area contributed by atoms with Crippen LogP contribution in [0.25, 0.3) is 16.7 Å². The number of nitrogens with zero attached hydrogens (tertiary/aromatic N) is 3. The predicted octanol–water partition coefficient (Wildman–Crippen LogP) is 5.05. The van der Waals surface area contributed by atoms with Gasteiger partial charge in [0.2, 0.25) is 5.28 Å². The van der Waals surface area contributed by atoms with E-state index in [9.17, 15) is 17.7 Å². The highest BCUT2D eigenvalue weighted by Gasteiger charge is 2.36. The number of halogens is 4. The second-order valence-corrected chi connectivity index (χ2v) is 7.11. The van der Waals surface area contributed by atoms with Crippen molar-refractivity contribution >= 4 is 30.3 Å². The average Bonchev–Trinajstić information content (AvgIpc) is 2.90. The molecule has 0 aliphatic rings. The van der Waals surface area contributed by atoms with E-state index in [0.29, 0.717) is 17.3 Å². The molecule has 9 heteroatoms. The quantitative estimate of drug-likeness (QED) is 0.477. The molecule has 1 unspecified atom stereocenters. The smallest absolute Gasteiger partial charge is 0.300 e. The zero-order valence-corrected chi connectivity index (χ0v) is 14.0. The summed E-state index contributed by atoms with van der Waals surface area (Å²) < 4.78 is 52.8. The summed E-state index contributed by atoms with van der Waals surface area (Å²) in [7, 11) is -1.49. The summed E-state index contributed by atoms with van der Waals surface area (Å²) in [5.74, 6) is -0.351. The van der Waals surface area contributed by atoms with E-state index < -0.39 is 19.5 Å². The molecule has 0 fully saturated rings. The van der Waals surface area contributed by atoms with Crippen LogP contribution in [0.15, 0.2) is 36.7 Å². The molecule has 0 bridgehead atoms. The number of alkyl halides is 3. The molecule has 2 heterocycles. The topological polar surface area (TPSA) is 47.8 Å². The van der Waals surface area contributed by atoms with Crippen LogP contribution in [0.2, 0.25) is 5.28 Å². The highest BCUT2D eigenvalue weighted by Crippen LogP contribution is 2.36. The predicted molar refractivity (Wildman–Crippen MR) is 86.1 cm³/mol. The Morgan fingerprint density at radius 3 is 2.71 bits per heavy atom. The van der Waals surface area contributed by atoms with Gasteiger partial charge in [0.15, 0.2) is 12.0 Å². The lowest BCUT2D eigenvalue weighted by Gasteiger charge is -2.14. The van der Waals surface area contributed by atoms with Gasteiger partial charge in [-0.25, -0.2) is 4.98 Å². The molecule has 124 valence electrons. The fraction of sp³-hybridized carbons (Fsp3) is 0.200. The van der Waals surface area contributed by atoms with E-state index in [0.717, 1.165) is 5.39 Å². The van der Waals surface area contributed by atoms with Crippen LogP contribution in [0.5, 0.6) is 0 Å². The van der Waals surface area contributed by atoms with E-state index >= 15 is 0 Å². The summed E-state index contributed by atoms with van der Waals surface area (Å²) in [5.41, 5.74) is 0.229. The largest absolute Gasteiger partial charge is 0.421 e. The molecule has 3 aromatic rings. The first-order valence-corrected chi connectivity index (χ1v) is 9.11. The molecule has 1 aromatic carbocycles. The summed E-state index contributed by atoms with van der Waals surface area (Å²) in [4.78, 5) is 7.22. The van der Waals surface area contributed by atoms with E-state index in [4.69, 9.17) is 11.6 Å². The minimum atomic E-state index is -4.62. The molecule has 3 rings (SSSR count). The van der Waals surface area contributed by atoms with Crippen LogP contribution in [0.3, 0.4) is 0 Å². The molecule has 24 heavy (non-hydrogen) atoms. The first kappa shape index (κ1) is 16.9. The lowest BCUT2D eigenvalue weighted by atomic mass is 10.1. The monoisotopic (exact) mass is 372 g/mol. The van der Waals surface area contributed by atoms with Crippen molar-refractivity contribution in [3.63, 3.8) is 0 Å². The summed E-state index contributed by atoms with van der Waals surface area (Å²) >= 11 is 5.71. The number of hydrogen-bond acceptors (Lipinski definition) is 3. The number of rotatable bonds is 3. The third-order valence-electron chi connectivity index (χ3n) is 3.46. The summed E-state index contributed by atoms with van der Waals surface area (Å²) in [6.45, 7) is 1.57. The van der Waals surface area contributed by atoms with E-state index in [-0.39, 0.29) is 17.3 Å². The van der Waals surface area contributed by atoms with Gasteiger partial charge in [0.25, 0.3) is 0 Å². The van der Waals surface area contributed by atoms with Gasteiger partial charge in [-0.05, 0) is 17.7 Å². The van der Waals surface area contributed by atoms with Crippen molar-refractivity contribution in [3.8, 4) is 5.82 Å². The maximum Gasteiger partial charge on any atom is 0.421 e. The Morgan fingerprint density at radius 1 is 1.29 bits per heavy atom. The highest BCUT2D eigenvalue weighted by atomic mass is 35.5. The van der Waals surface area contributed by atoms with Crippen LogP contribution in [0.1, 0.15) is 11.1 Å². The number of fused-ring (bicyclic) bond motifs is 1. The van der Waals surface area contributed by atoms with Crippen LogP contribution in [0, 0.1) is 0 Å². The maximum atomic E-state index is 13.3. The van der Waals surface area contributed by atoms with Gasteiger partial charge < -0.3 is 4.57 Å². The molecule has 0 saturated heterocycles. The minimum Gasteiger partial charge on any atom is -0.300 e. The number of para-hydroxylation sites is 1. The third kappa shape index (κ3) is 3.14. The van der Waals surface area contributed by atoms with Crippen molar-refractivity contribution in [1.29, 1.82) is 0 Å². The van der Waals surface area contributed by atoms with Crippen molar-refractivity contribution in [2.45, 2.75) is 12.3 Å². The fourth-order valence-electron chi connectivity index (χ4n) is 2.55. The lowest BCUT2D eigenvalue weighted by molar-refractivity contribution is -0.137. The summed E-state index contributed by atoms with van der Waals surface area (Å²) in [5, 5.41) is 0.450. The Morgan fingerprint density at radius 2 is 2.04 bits per heavy atom. The van der Waals surface area contributed by atoms with E-state index in [2.05, 4.69) is 9.97 Å². The molecule has 0 radical (unpaired) electrons. The Kier molecular flexibility index (Phi) is 4.32. The molecular formula is C15H11ClF3N3OP+. The average molecular weight is 373 g/mol. The minimum absolute atomic E-state index is 0.261. The van der Waals surface area contributed by atoms with E-state index in [1.165, 1.54) is 10.8 Å². The lowest BCUT2D eigenvalue weighted by Crippen LogP contribution is -2.13. The van der Waals surface area contributed by atoms with Crippen molar-refractivity contribution in [2.75, 3.05) is 6.66 Å².